The molecule has 8 heteroatoms. The molecule has 0 unspecified atom stereocenters. The van der Waals surface area contributed by atoms with Crippen molar-refractivity contribution in [3.05, 3.63) is 26.6 Å². The van der Waals surface area contributed by atoms with E-state index < -0.39 is 6.04 Å². The number of nitrogens with two attached hydrogens (primary N) is 1. The molecule has 0 radical (unpaired) electrons. The largest absolute Gasteiger partial charge is 0.506 e. The molecule has 2 saturated heterocycles. The van der Waals surface area contributed by atoms with Gasteiger partial charge >= 0.3 is 0 Å². The van der Waals surface area contributed by atoms with Crippen LogP contribution in [-0.2, 0) is 11.2 Å². The molecule has 3 N–H and O–H groups in total. The van der Waals surface area contributed by atoms with Crippen molar-refractivity contribution < 1.29 is 9.90 Å². The number of rotatable bonds is 4. The molecule has 1 aromatic carbocycles. The van der Waals surface area contributed by atoms with Gasteiger partial charge in [0, 0.05) is 32.2 Å². The van der Waals surface area contributed by atoms with Gasteiger partial charge in [0.05, 0.1) is 15.0 Å². The summed E-state index contributed by atoms with van der Waals surface area (Å²) in [7, 11) is 2.18. The van der Waals surface area contributed by atoms with Crippen molar-refractivity contribution in [1.29, 1.82) is 0 Å². The molecule has 2 aliphatic rings. The number of halogens is 2. The third kappa shape index (κ3) is 5.23. The molecule has 0 bridgehead atoms. The molecule has 1 aromatic rings. The minimum Gasteiger partial charge on any atom is -0.506 e. The maximum atomic E-state index is 12.8. The zero-order valence-corrected chi connectivity index (χ0v) is 18.9. The Balaban J connectivity index is 1.51. The smallest absolute Gasteiger partial charge is 0.239 e. The first-order chi connectivity index (χ1) is 12.8. The fourth-order valence-electron chi connectivity index (χ4n) is 3.98. The topological polar surface area (TPSA) is 73.0 Å². The van der Waals surface area contributed by atoms with Crippen molar-refractivity contribution >= 4 is 37.8 Å². The van der Waals surface area contributed by atoms with E-state index in [0.29, 0.717) is 21.4 Å². The Bertz CT molecular complexity index is 649. The van der Waals surface area contributed by atoms with Crippen LogP contribution in [0.25, 0.3) is 0 Å². The Morgan fingerprint density at radius 1 is 1.15 bits per heavy atom. The van der Waals surface area contributed by atoms with Crippen LogP contribution < -0.4 is 5.73 Å². The Kier molecular flexibility index (Phi) is 7.19. The van der Waals surface area contributed by atoms with Gasteiger partial charge in [-0.15, -0.1) is 0 Å². The molecular weight excluding hydrogens is 476 g/mol. The molecule has 0 saturated carbocycles. The predicted octanol–water partition coefficient (Wildman–Crippen LogP) is 2.03. The molecule has 1 amide bonds. The number of aromatic hydroxyl groups is 1. The minimum atomic E-state index is -0.566. The van der Waals surface area contributed by atoms with Gasteiger partial charge in [0.2, 0.25) is 5.91 Å². The molecule has 2 aliphatic heterocycles. The minimum absolute atomic E-state index is 0.0124. The Labute approximate surface area is 177 Å². The quantitative estimate of drug-likeness (QED) is 0.657. The summed E-state index contributed by atoms with van der Waals surface area (Å²) in [5.74, 6) is 0.169. The summed E-state index contributed by atoms with van der Waals surface area (Å²) in [4.78, 5) is 19.6. The van der Waals surface area contributed by atoms with Crippen molar-refractivity contribution in [3.63, 3.8) is 0 Å². The van der Waals surface area contributed by atoms with E-state index in [1.54, 1.807) is 0 Å². The zero-order valence-electron chi connectivity index (χ0n) is 15.7. The van der Waals surface area contributed by atoms with Gasteiger partial charge in [-0.25, -0.2) is 0 Å². The average molecular weight is 504 g/mol. The van der Waals surface area contributed by atoms with E-state index in [1.165, 1.54) is 12.8 Å². The van der Waals surface area contributed by atoms with Crippen molar-refractivity contribution in [1.82, 2.24) is 14.7 Å². The molecule has 0 aromatic heterocycles. The van der Waals surface area contributed by atoms with E-state index >= 15 is 0 Å². The van der Waals surface area contributed by atoms with E-state index in [4.69, 9.17) is 5.73 Å². The summed E-state index contributed by atoms with van der Waals surface area (Å²) in [6.45, 7) is 5.69. The van der Waals surface area contributed by atoms with E-state index in [1.807, 2.05) is 17.0 Å². The van der Waals surface area contributed by atoms with Crippen LogP contribution in [0.3, 0.4) is 0 Å². The SMILES string of the molecule is CN1CCC(N2CCN(C(=O)[C@H](N)Cc3cc(Br)c(O)c(Br)c3)CC2)CC1. The number of phenolic OH excluding ortho intramolecular Hbond substituents is 1. The summed E-state index contributed by atoms with van der Waals surface area (Å²) in [5, 5.41) is 9.82. The fraction of sp³-hybridized carbons (Fsp3) is 0.632. The van der Waals surface area contributed by atoms with E-state index in [9.17, 15) is 9.90 Å². The van der Waals surface area contributed by atoms with Gasteiger partial charge in [0.1, 0.15) is 5.75 Å². The maximum absolute atomic E-state index is 12.8. The van der Waals surface area contributed by atoms with Crippen LogP contribution in [0.1, 0.15) is 18.4 Å². The molecule has 0 aliphatic carbocycles. The highest BCUT2D eigenvalue weighted by Crippen LogP contribution is 2.33. The van der Waals surface area contributed by atoms with Gasteiger partial charge in [0.25, 0.3) is 0 Å². The summed E-state index contributed by atoms with van der Waals surface area (Å²) in [6, 6.07) is 3.71. The second kappa shape index (κ2) is 9.22. The standard InChI is InChI=1S/C19H28Br2N4O2/c1-23-4-2-14(3-5-23)24-6-8-25(9-7-24)19(27)17(22)12-13-10-15(20)18(26)16(21)11-13/h10-11,14,17,26H,2-9,12,22H2,1H3/t17-/m1/s1. The molecule has 2 fully saturated rings. The van der Waals surface area contributed by atoms with Gasteiger partial charge < -0.3 is 20.6 Å². The van der Waals surface area contributed by atoms with Gasteiger partial charge in [-0.2, -0.15) is 0 Å². The number of likely N-dealkylation sites (tertiary alicyclic amines) is 1. The molecule has 3 rings (SSSR count). The molecule has 1 atom stereocenters. The number of benzene rings is 1. The number of piperazine rings is 1. The first-order valence-electron chi connectivity index (χ1n) is 9.49. The summed E-state index contributed by atoms with van der Waals surface area (Å²) >= 11 is 6.65. The molecule has 0 spiro atoms. The lowest BCUT2D eigenvalue weighted by atomic mass is 10.0. The predicted molar refractivity (Wildman–Crippen MR) is 114 cm³/mol. The Morgan fingerprint density at radius 2 is 1.70 bits per heavy atom. The monoisotopic (exact) mass is 502 g/mol. The average Bonchev–Trinajstić information content (AvgIpc) is 2.66. The van der Waals surface area contributed by atoms with Gasteiger partial charge in [-0.1, -0.05) is 0 Å². The summed E-state index contributed by atoms with van der Waals surface area (Å²) < 4.78 is 1.19. The normalized spacial score (nSPS) is 21.4. The molecule has 150 valence electrons. The number of carbonyl (C=O) groups excluding carboxylic acids is 1. The van der Waals surface area contributed by atoms with Crippen molar-refractivity contribution in [3.8, 4) is 5.75 Å². The van der Waals surface area contributed by atoms with Crippen molar-refractivity contribution in [2.24, 2.45) is 5.73 Å². The zero-order chi connectivity index (χ0) is 19.6. The number of carbonyl (C=O) groups is 1. The van der Waals surface area contributed by atoms with Crippen LogP contribution in [-0.4, -0.2) is 84.1 Å². The molecule has 6 nitrogen and oxygen atoms in total. The molecule has 2 heterocycles. The second-order valence-corrected chi connectivity index (χ2v) is 9.32. The first kappa shape index (κ1) is 21.0. The number of phenols is 1. The van der Waals surface area contributed by atoms with Gasteiger partial charge in [-0.05, 0) is 89.0 Å². The Morgan fingerprint density at radius 3 is 2.26 bits per heavy atom. The highest BCUT2D eigenvalue weighted by Gasteiger charge is 2.30. The lowest BCUT2D eigenvalue weighted by Crippen LogP contribution is -2.56. The highest BCUT2D eigenvalue weighted by atomic mass is 79.9. The van der Waals surface area contributed by atoms with Crippen LogP contribution in [0.5, 0.6) is 5.75 Å². The second-order valence-electron chi connectivity index (χ2n) is 7.61. The summed E-state index contributed by atoms with van der Waals surface area (Å²) in [6.07, 6.45) is 2.88. The molecule has 27 heavy (non-hydrogen) atoms. The van der Waals surface area contributed by atoms with Crippen LogP contribution in [0.15, 0.2) is 21.1 Å². The van der Waals surface area contributed by atoms with E-state index in [2.05, 4.69) is 48.7 Å². The lowest BCUT2D eigenvalue weighted by molar-refractivity contribution is -0.134. The van der Waals surface area contributed by atoms with Gasteiger partial charge in [-0.3, -0.25) is 9.69 Å². The van der Waals surface area contributed by atoms with Crippen LogP contribution in [0.2, 0.25) is 0 Å². The number of piperidine rings is 1. The number of hydrogen-bond acceptors (Lipinski definition) is 5. The van der Waals surface area contributed by atoms with Crippen LogP contribution in [0, 0.1) is 0 Å². The van der Waals surface area contributed by atoms with Crippen LogP contribution in [0.4, 0.5) is 0 Å². The number of amides is 1. The maximum Gasteiger partial charge on any atom is 0.239 e. The van der Waals surface area contributed by atoms with Crippen LogP contribution >= 0.6 is 31.9 Å². The third-order valence-electron chi connectivity index (χ3n) is 5.68. The first-order valence-corrected chi connectivity index (χ1v) is 11.1. The van der Waals surface area contributed by atoms with Gasteiger partial charge in [0.15, 0.2) is 0 Å². The number of nitrogens with zero attached hydrogens (tertiary/aromatic N) is 3. The fourth-order valence-corrected chi connectivity index (χ4v) is 5.26. The summed E-state index contributed by atoms with van der Waals surface area (Å²) in [5.41, 5.74) is 7.12. The molecular formula is C19H28Br2N4O2. The van der Waals surface area contributed by atoms with Crippen molar-refractivity contribution in [2.75, 3.05) is 46.3 Å². The van der Waals surface area contributed by atoms with E-state index in [-0.39, 0.29) is 11.7 Å². The lowest BCUT2D eigenvalue weighted by Gasteiger charge is -2.42. The highest BCUT2D eigenvalue weighted by molar-refractivity contribution is 9.11. The Hall–Kier alpha value is -0.670. The van der Waals surface area contributed by atoms with E-state index in [0.717, 1.165) is 44.8 Å². The van der Waals surface area contributed by atoms with Crippen molar-refractivity contribution in [2.45, 2.75) is 31.3 Å². The third-order valence-corrected chi connectivity index (χ3v) is 6.89. The number of hydrogen-bond donors (Lipinski definition) is 2.